The van der Waals surface area contributed by atoms with Crippen LogP contribution in [0.5, 0.6) is 0 Å². The van der Waals surface area contributed by atoms with Gasteiger partial charge >= 0.3 is 0 Å². The molecule has 0 radical (unpaired) electrons. The molecule has 20 heavy (non-hydrogen) atoms. The SMILES string of the molecule is c1cnc2c(c1)CCCC2NC1CCCc2occc21. The smallest absolute Gasteiger partial charge is 0.108 e. The second kappa shape index (κ2) is 5.06. The van der Waals surface area contributed by atoms with E-state index in [4.69, 9.17) is 4.42 Å². The molecular weight excluding hydrogens is 248 g/mol. The van der Waals surface area contributed by atoms with Crippen molar-refractivity contribution in [3.63, 3.8) is 0 Å². The zero-order chi connectivity index (χ0) is 13.4. The molecule has 0 aliphatic heterocycles. The fourth-order valence-electron chi connectivity index (χ4n) is 3.67. The fourth-order valence-corrected chi connectivity index (χ4v) is 3.67. The molecule has 2 aliphatic rings. The minimum Gasteiger partial charge on any atom is -0.469 e. The Kier molecular flexibility index (Phi) is 3.07. The summed E-state index contributed by atoms with van der Waals surface area (Å²) < 4.78 is 5.59. The maximum absolute atomic E-state index is 5.59. The van der Waals surface area contributed by atoms with Crippen LogP contribution in [0.3, 0.4) is 0 Å². The van der Waals surface area contributed by atoms with E-state index in [0.29, 0.717) is 12.1 Å². The summed E-state index contributed by atoms with van der Waals surface area (Å²) >= 11 is 0. The first kappa shape index (κ1) is 12.2. The summed E-state index contributed by atoms with van der Waals surface area (Å²) in [4.78, 5) is 4.62. The Morgan fingerprint density at radius 2 is 2.00 bits per heavy atom. The van der Waals surface area contributed by atoms with E-state index in [1.165, 1.54) is 54.7 Å². The second-order valence-electron chi connectivity index (χ2n) is 5.90. The van der Waals surface area contributed by atoms with Crippen molar-refractivity contribution in [1.82, 2.24) is 10.3 Å². The lowest BCUT2D eigenvalue weighted by molar-refractivity contribution is 0.349. The molecule has 0 fully saturated rings. The zero-order valence-electron chi connectivity index (χ0n) is 11.6. The molecule has 0 spiro atoms. The van der Waals surface area contributed by atoms with Crippen LogP contribution in [0, 0.1) is 0 Å². The molecule has 3 heteroatoms. The predicted molar refractivity (Wildman–Crippen MR) is 77.4 cm³/mol. The summed E-state index contributed by atoms with van der Waals surface area (Å²) in [5.41, 5.74) is 4.04. The normalized spacial score (nSPS) is 25.0. The molecule has 4 rings (SSSR count). The summed E-state index contributed by atoms with van der Waals surface area (Å²) in [7, 11) is 0. The van der Waals surface area contributed by atoms with Crippen LogP contribution in [-0.4, -0.2) is 4.98 Å². The van der Waals surface area contributed by atoms with Gasteiger partial charge in [0.15, 0.2) is 0 Å². The maximum Gasteiger partial charge on any atom is 0.108 e. The van der Waals surface area contributed by atoms with E-state index in [9.17, 15) is 0 Å². The van der Waals surface area contributed by atoms with Crippen molar-refractivity contribution in [2.24, 2.45) is 0 Å². The third-order valence-electron chi connectivity index (χ3n) is 4.65. The third-order valence-corrected chi connectivity index (χ3v) is 4.65. The van der Waals surface area contributed by atoms with E-state index in [1.807, 2.05) is 12.5 Å². The quantitative estimate of drug-likeness (QED) is 0.902. The van der Waals surface area contributed by atoms with Gasteiger partial charge in [-0.2, -0.15) is 0 Å². The van der Waals surface area contributed by atoms with Gasteiger partial charge in [0.05, 0.1) is 18.0 Å². The number of fused-ring (bicyclic) bond motifs is 2. The largest absolute Gasteiger partial charge is 0.469 e. The maximum atomic E-state index is 5.59. The van der Waals surface area contributed by atoms with Gasteiger partial charge < -0.3 is 9.73 Å². The minimum absolute atomic E-state index is 0.394. The fraction of sp³-hybridized carbons (Fsp3) is 0.471. The van der Waals surface area contributed by atoms with Crippen molar-refractivity contribution in [2.45, 2.75) is 50.6 Å². The summed E-state index contributed by atoms with van der Waals surface area (Å²) in [6, 6.07) is 7.23. The highest BCUT2D eigenvalue weighted by molar-refractivity contribution is 5.28. The number of aryl methyl sites for hydroxylation is 2. The minimum atomic E-state index is 0.394. The number of pyridine rings is 1. The van der Waals surface area contributed by atoms with E-state index in [1.54, 1.807) is 0 Å². The monoisotopic (exact) mass is 268 g/mol. The van der Waals surface area contributed by atoms with Crippen molar-refractivity contribution in [3.8, 4) is 0 Å². The summed E-state index contributed by atoms with van der Waals surface area (Å²) in [5.74, 6) is 1.17. The highest BCUT2D eigenvalue weighted by Crippen LogP contribution is 2.35. The van der Waals surface area contributed by atoms with Gasteiger partial charge in [-0.3, -0.25) is 4.98 Å². The molecule has 2 unspecified atom stereocenters. The first-order valence-electron chi connectivity index (χ1n) is 7.68. The first-order valence-corrected chi connectivity index (χ1v) is 7.68. The molecule has 1 N–H and O–H groups in total. The van der Waals surface area contributed by atoms with Gasteiger partial charge in [-0.1, -0.05) is 6.07 Å². The van der Waals surface area contributed by atoms with E-state index in [-0.39, 0.29) is 0 Å². The summed E-state index contributed by atoms with van der Waals surface area (Å²) in [6.07, 6.45) is 10.9. The lowest BCUT2D eigenvalue weighted by Crippen LogP contribution is -2.31. The number of rotatable bonds is 2. The number of nitrogens with zero attached hydrogens (tertiary/aromatic N) is 1. The average Bonchev–Trinajstić information content (AvgIpc) is 2.97. The summed E-state index contributed by atoms with van der Waals surface area (Å²) in [5, 5.41) is 3.83. The number of furan rings is 1. The van der Waals surface area contributed by atoms with Gasteiger partial charge in [-0.25, -0.2) is 0 Å². The summed E-state index contributed by atoms with van der Waals surface area (Å²) in [6.45, 7) is 0. The van der Waals surface area contributed by atoms with Gasteiger partial charge in [0, 0.05) is 24.2 Å². The molecule has 2 aromatic heterocycles. The molecule has 3 nitrogen and oxygen atoms in total. The Balaban J connectivity index is 1.60. The van der Waals surface area contributed by atoms with Gasteiger partial charge in [-0.05, 0) is 49.8 Å². The second-order valence-corrected chi connectivity index (χ2v) is 5.90. The number of hydrogen-bond donors (Lipinski definition) is 1. The number of aromatic nitrogens is 1. The van der Waals surface area contributed by atoms with Crippen LogP contribution < -0.4 is 5.32 Å². The van der Waals surface area contributed by atoms with Crippen molar-refractivity contribution in [2.75, 3.05) is 0 Å². The Morgan fingerprint density at radius 1 is 1.10 bits per heavy atom. The highest BCUT2D eigenvalue weighted by Gasteiger charge is 2.28. The Morgan fingerprint density at radius 3 is 3.00 bits per heavy atom. The van der Waals surface area contributed by atoms with Gasteiger partial charge in [0.25, 0.3) is 0 Å². The molecule has 2 aromatic rings. The number of hydrogen-bond acceptors (Lipinski definition) is 3. The van der Waals surface area contributed by atoms with Gasteiger partial charge in [0.2, 0.25) is 0 Å². The molecule has 0 amide bonds. The molecular formula is C17H20N2O. The van der Waals surface area contributed by atoms with E-state index in [2.05, 4.69) is 28.5 Å². The van der Waals surface area contributed by atoms with Crippen molar-refractivity contribution >= 4 is 0 Å². The Hall–Kier alpha value is -1.61. The standard InChI is InChI=1S/C17H20N2O/c1-4-12-5-3-10-18-17(12)15(7-1)19-14-6-2-8-16-13(14)9-11-20-16/h3,5,9-11,14-15,19H,1-2,4,6-8H2. The highest BCUT2D eigenvalue weighted by atomic mass is 16.3. The van der Waals surface area contributed by atoms with Crippen molar-refractivity contribution in [1.29, 1.82) is 0 Å². The molecule has 104 valence electrons. The van der Waals surface area contributed by atoms with Crippen LogP contribution in [0.4, 0.5) is 0 Å². The average molecular weight is 268 g/mol. The Labute approximate surface area is 119 Å². The lowest BCUT2D eigenvalue weighted by atomic mass is 9.88. The van der Waals surface area contributed by atoms with Crippen molar-refractivity contribution < 1.29 is 4.42 Å². The van der Waals surface area contributed by atoms with E-state index >= 15 is 0 Å². The van der Waals surface area contributed by atoms with Gasteiger partial charge in [0.1, 0.15) is 5.76 Å². The van der Waals surface area contributed by atoms with Crippen LogP contribution >= 0.6 is 0 Å². The molecule has 2 heterocycles. The van der Waals surface area contributed by atoms with Crippen LogP contribution in [0.25, 0.3) is 0 Å². The topological polar surface area (TPSA) is 38.1 Å². The van der Waals surface area contributed by atoms with Crippen molar-refractivity contribution in [3.05, 3.63) is 53.2 Å². The van der Waals surface area contributed by atoms with E-state index < -0.39 is 0 Å². The number of nitrogens with one attached hydrogen (secondary N) is 1. The van der Waals surface area contributed by atoms with E-state index in [0.717, 1.165) is 6.42 Å². The molecule has 0 saturated heterocycles. The first-order chi connectivity index (χ1) is 9.92. The van der Waals surface area contributed by atoms with Crippen LogP contribution in [0.1, 0.15) is 60.3 Å². The molecule has 0 aromatic carbocycles. The van der Waals surface area contributed by atoms with Gasteiger partial charge in [-0.15, -0.1) is 0 Å². The Bertz CT molecular complexity index is 605. The zero-order valence-corrected chi connectivity index (χ0v) is 11.6. The molecule has 0 saturated carbocycles. The third kappa shape index (κ3) is 2.06. The molecule has 0 bridgehead atoms. The van der Waals surface area contributed by atoms with Crippen LogP contribution in [0.15, 0.2) is 35.1 Å². The predicted octanol–water partition coefficient (Wildman–Crippen LogP) is 3.72. The van der Waals surface area contributed by atoms with Crippen LogP contribution in [-0.2, 0) is 12.8 Å². The lowest BCUT2D eigenvalue weighted by Gasteiger charge is -2.31. The molecule has 2 aliphatic carbocycles. The molecule has 2 atom stereocenters. The van der Waals surface area contributed by atoms with Crippen LogP contribution in [0.2, 0.25) is 0 Å².